The molecule has 2 heterocycles. The van der Waals surface area contributed by atoms with Crippen LogP contribution in [0.5, 0.6) is 0 Å². The number of aromatic nitrogens is 4. The quantitative estimate of drug-likeness (QED) is 0.345. The maximum Gasteiger partial charge on any atom is 0.252 e. The molecule has 4 aromatic rings. The van der Waals surface area contributed by atoms with Crippen molar-refractivity contribution in [1.82, 2.24) is 20.1 Å². The average molecular weight is 459 g/mol. The van der Waals surface area contributed by atoms with Crippen LogP contribution < -0.4 is 5.56 Å². The van der Waals surface area contributed by atoms with Gasteiger partial charge in [0.05, 0.1) is 11.4 Å². The van der Waals surface area contributed by atoms with Crippen molar-refractivity contribution in [3.05, 3.63) is 81.1 Å². The van der Waals surface area contributed by atoms with E-state index in [9.17, 15) is 9.18 Å². The molecule has 2 aromatic heterocycles. The fourth-order valence-electron chi connectivity index (χ4n) is 2.46. The first-order valence-corrected chi connectivity index (χ1v) is 9.93. The molecule has 140 valence electrons. The summed E-state index contributed by atoms with van der Waals surface area (Å²) in [6.07, 6.45) is 0. The average Bonchev–Trinajstić information content (AvgIpc) is 3.16. The predicted octanol–water partition coefficient (Wildman–Crippen LogP) is 4.68. The molecule has 0 saturated carbocycles. The van der Waals surface area contributed by atoms with Crippen molar-refractivity contribution in [2.75, 3.05) is 0 Å². The fraction of sp³-hybridized carbons (Fsp3) is 0.0526. The summed E-state index contributed by atoms with van der Waals surface area (Å²) in [6.45, 7) is 0. The Bertz CT molecular complexity index is 1180. The Morgan fingerprint density at radius 3 is 2.68 bits per heavy atom. The zero-order valence-corrected chi connectivity index (χ0v) is 16.6. The third-order valence-corrected chi connectivity index (χ3v) is 5.09. The molecule has 0 aliphatic heterocycles. The summed E-state index contributed by atoms with van der Waals surface area (Å²) in [5.41, 5.74) is 1.66. The number of H-pyrrole nitrogens is 1. The summed E-state index contributed by atoms with van der Waals surface area (Å²) in [4.78, 5) is 23.4. The molecule has 0 bridgehead atoms. The summed E-state index contributed by atoms with van der Waals surface area (Å²) in [5.74, 6) is 0.894. The summed E-state index contributed by atoms with van der Waals surface area (Å²) in [6, 6.07) is 14.8. The first-order chi connectivity index (χ1) is 13.6. The molecule has 4 rings (SSSR count). The second kappa shape index (κ2) is 8.07. The molecule has 0 saturated heterocycles. The Labute approximate surface area is 171 Å². The number of halogens is 2. The van der Waals surface area contributed by atoms with Gasteiger partial charge in [-0.3, -0.25) is 4.79 Å². The van der Waals surface area contributed by atoms with Gasteiger partial charge in [-0.1, -0.05) is 45.0 Å². The maximum absolute atomic E-state index is 13.1. The van der Waals surface area contributed by atoms with E-state index in [1.807, 2.05) is 24.3 Å². The van der Waals surface area contributed by atoms with Crippen molar-refractivity contribution in [3.63, 3.8) is 0 Å². The fourth-order valence-corrected chi connectivity index (χ4v) is 3.57. The van der Waals surface area contributed by atoms with Gasteiger partial charge >= 0.3 is 0 Å². The van der Waals surface area contributed by atoms with Crippen LogP contribution in [0.25, 0.3) is 22.6 Å². The van der Waals surface area contributed by atoms with Gasteiger partial charge < -0.3 is 9.51 Å². The van der Waals surface area contributed by atoms with Crippen LogP contribution in [0.1, 0.15) is 5.89 Å². The highest BCUT2D eigenvalue weighted by Gasteiger charge is 2.11. The monoisotopic (exact) mass is 458 g/mol. The van der Waals surface area contributed by atoms with Gasteiger partial charge in [-0.2, -0.15) is 4.98 Å². The van der Waals surface area contributed by atoms with E-state index >= 15 is 0 Å². The largest absolute Gasteiger partial charge is 0.338 e. The SMILES string of the molecule is O=c1cc(-c2ccc(F)cc2)nc(SCc2nc(-c3cccc(Br)c3)no2)[nH]1. The number of aromatic amines is 1. The molecule has 0 atom stereocenters. The molecule has 0 aliphatic carbocycles. The maximum atomic E-state index is 13.1. The van der Waals surface area contributed by atoms with Crippen molar-refractivity contribution in [3.8, 4) is 22.6 Å². The van der Waals surface area contributed by atoms with Crippen LogP contribution in [0.3, 0.4) is 0 Å². The van der Waals surface area contributed by atoms with Crippen molar-refractivity contribution < 1.29 is 8.91 Å². The highest BCUT2D eigenvalue weighted by Crippen LogP contribution is 2.24. The standard InChI is InChI=1S/C19H12BrFN4O2S/c20-13-3-1-2-12(8-13)18-24-17(27-25-18)10-28-19-22-15(9-16(26)23-19)11-4-6-14(21)7-5-11/h1-9H,10H2,(H,22,23,26). The van der Waals surface area contributed by atoms with E-state index in [1.165, 1.54) is 30.0 Å². The third-order valence-electron chi connectivity index (χ3n) is 3.74. The van der Waals surface area contributed by atoms with Crippen molar-refractivity contribution in [2.45, 2.75) is 10.9 Å². The van der Waals surface area contributed by atoms with Gasteiger partial charge in [0.25, 0.3) is 5.56 Å². The molecule has 0 fully saturated rings. The van der Waals surface area contributed by atoms with Gasteiger partial charge in [-0.05, 0) is 36.4 Å². The Morgan fingerprint density at radius 2 is 1.89 bits per heavy atom. The molecular weight excluding hydrogens is 447 g/mol. The molecule has 9 heteroatoms. The zero-order chi connectivity index (χ0) is 19.5. The lowest BCUT2D eigenvalue weighted by Crippen LogP contribution is -2.08. The Hall–Kier alpha value is -2.78. The minimum atomic E-state index is -0.346. The van der Waals surface area contributed by atoms with E-state index in [2.05, 4.69) is 36.0 Å². The number of rotatable bonds is 5. The minimum Gasteiger partial charge on any atom is -0.338 e. The van der Waals surface area contributed by atoms with Gasteiger partial charge in [-0.15, -0.1) is 0 Å². The first kappa shape index (κ1) is 18.6. The number of nitrogens with zero attached hydrogens (tertiary/aromatic N) is 3. The van der Waals surface area contributed by atoms with Gasteiger partial charge in [-0.25, -0.2) is 9.37 Å². The molecule has 0 radical (unpaired) electrons. The lowest BCUT2D eigenvalue weighted by Gasteiger charge is -2.03. The lowest BCUT2D eigenvalue weighted by atomic mass is 10.1. The molecule has 6 nitrogen and oxygen atoms in total. The van der Waals surface area contributed by atoms with Gasteiger partial charge in [0.1, 0.15) is 5.82 Å². The number of hydrogen-bond donors (Lipinski definition) is 1. The van der Waals surface area contributed by atoms with E-state index in [0.29, 0.717) is 33.9 Å². The molecule has 0 aliphatic rings. The number of hydrogen-bond acceptors (Lipinski definition) is 6. The number of benzene rings is 2. The van der Waals surface area contributed by atoms with Crippen LogP contribution in [-0.2, 0) is 5.75 Å². The van der Waals surface area contributed by atoms with Crippen LogP contribution in [0, 0.1) is 5.82 Å². The summed E-state index contributed by atoms with van der Waals surface area (Å²) in [7, 11) is 0. The van der Waals surface area contributed by atoms with Crippen LogP contribution in [-0.4, -0.2) is 20.1 Å². The second-order valence-corrected chi connectivity index (χ2v) is 7.63. The molecule has 28 heavy (non-hydrogen) atoms. The van der Waals surface area contributed by atoms with Crippen molar-refractivity contribution in [2.24, 2.45) is 0 Å². The summed E-state index contributed by atoms with van der Waals surface area (Å²) in [5, 5.41) is 4.39. The predicted molar refractivity (Wildman–Crippen MR) is 107 cm³/mol. The Kier molecular flexibility index (Phi) is 5.36. The van der Waals surface area contributed by atoms with E-state index in [1.54, 1.807) is 12.1 Å². The third kappa shape index (κ3) is 4.37. The van der Waals surface area contributed by atoms with Gasteiger partial charge in [0, 0.05) is 21.7 Å². The van der Waals surface area contributed by atoms with Gasteiger partial charge in [0.2, 0.25) is 11.7 Å². The Morgan fingerprint density at radius 1 is 1.07 bits per heavy atom. The van der Waals surface area contributed by atoms with E-state index in [-0.39, 0.29) is 11.4 Å². The smallest absolute Gasteiger partial charge is 0.252 e. The minimum absolute atomic E-state index is 0.294. The van der Waals surface area contributed by atoms with E-state index in [0.717, 1.165) is 10.0 Å². The topological polar surface area (TPSA) is 84.7 Å². The normalized spacial score (nSPS) is 10.9. The van der Waals surface area contributed by atoms with Crippen molar-refractivity contribution >= 4 is 27.7 Å². The van der Waals surface area contributed by atoms with Crippen molar-refractivity contribution in [1.29, 1.82) is 0 Å². The summed E-state index contributed by atoms with van der Waals surface area (Å²) >= 11 is 4.68. The van der Waals surface area contributed by atoms with Crippen LogP contribution >= 0.6 is 27.7 Å². The Balaban J connectivity index is 1.51. The lowest BCUT2D eigenvalue weighted by molar-refractivity contribution is 0.391. The molecule has 2 aromatic carbocycles. The van der Waals surface area contributed by atoms with Crippen LogP contribution in [0.4, 0.5) is 4.39 Å². The number of nitrogens with one attached hydrogen (secondary N) is 1. The summed E-state index contributed by atoms with van der Waals surface area (Å²) < 4.78 is 19.3. The van der Waals surface area contributed by atoms with Crippen LogP contribution in [0.15, 0.2) is 73.5 Å². The van der Waals surface area contributed by atoms with E-state index in [4.69, 9.17) is 4.52 Å². The zero-order valence-electron chi connectivity index (χ0n) is 14.2. The molecule has 0 unspecified atom stereocenters. The molecule has 1 N–H and O–H groups in total. The molecule has 0 amide bonds. The first-order valence-electron chi connectivity index (χ1n) is 8.15. The van der Waals surface area contributed by atoms with Gasteiger partial charge in [0.15, 0.2) is 5.16 Å². The highest BCUT2D eigenvalue weighted by atomic mass is 79.9. The number of thioether (sulfide) groups is 1. The van der Waals surface area contributed by atoms with Crippen LogP contribution in [0.2, 0.25) is 0 Å². The second-order valence-electron chi connectivity index (χ2n) is 5.75. The highest BCUT2D eigenvalue weighted by molar-refractivity contribution is 9.10. The van der Waals surface area contributed by atoms with E-state index < -0.39 is 0 Å². The molecule has 0 spiro atoms. The molecular formula is C19H12BrFN4O2S.